The number of fused-ring (bicyclic) bond motifs is 4. The number of halogens is 4. The molecule has 12 heteroatoms. The van der Waals surface area contributed by atoms with Crippen LogP contribution in [0.4, 0.5) is 29.1 Å². The molecule has 8 nitrogen and oxygen atoms in total. The Bertz CT molecular complexity index is 1580. The number of nitrogens with one attached hydrogen (secondary N) is 1. The lowest BCUT2D eigenvalue weighted by Gasteiger charge is -2.35. The number of hydrogen-bond donors (Lipinski definition) is 2. The normalized spacial score (nSPS) is 23.4. The van der Waals surface area contributed by atoms with Crippen LogP contribution in [0, 0.1) is 17.1 Å². The van der Waals surface area contributed by atoms with E-state index in [0.717, 1.165) is 57.7 Å². The van der Waals surface area contributed by atoms with Gasteiger partial charge in [0.1, 0.15) is 24.0 Å². The molecule has 0 aliphatic carbocycles. The van der Waals surface area contributed by atoms with Gasteiger partial charge in [0.2, 0.25) is 0 Å². The number of rotatable bonds is 5. The Balaban J connectivity index is 1.42. The first-order valence-electron chi connectivity index (χ1n) is 14.5. The van der Waals surface area contributed by atoms with Crippen LogP contribution in [0.2, 0.25) is 0 Å². The molecule has 2 unspecified atom stereocenters. The van der Waals surface area contributed by atoms with E-state index in [9.17, 15) is 18.4 Å². The van der Waals surface area contributed by atoms with Gasteiger partial charge in [-0.1, -0.05) is 12.1 Å². The summed E-state index contributed by atoms with van der Waals surface area (Å²) in [5, 5.41) is 13.2. The molecule has 2 aromatic carbocycles. The smallest absolute Gasteiger partial charge is 0.417 e. The zero-order valence-corrected chi connectivity index (χ0v) is 23.0. The summed E-state index contributed by atoms with van der Waals surface area (Å²) in [4.78, 5) is 13.4. The lowest BCUT2D eigenvalue weighted by molar-refractivity contribution is -0.137. The summed E-state index contributed by atoms with van der Waals surface area (Å²) in [6.07, 6.45) is 1.06. The van der Waals surface area contributed by atoms with Gasteiger partial charge >= 0.3 is 12.2 Å². The van der Waals surface area contributed by atoms with Crippen LogP contribution in [0.25, 0.3) is 22.0 Å². The quantitative estimate of drug-likeness (QED) is 0.326. The second kappa shape index (κ2) is 9.95. The summed E-state index contributed by atoms with van der Waals surface area (Å²) in [5.74, 6) is -0.959. The van der Waals surface area contributed by atoms with Crippen molar-refractivity contribution in [2.75, 3.05) is 43.4 Å². The van der Waals surface area contributed by atoms with Crippen molar-refractivity contribution in [3.8, 4) is 23.2 Å². The first kappa shape index (κ1) is 27.2. The summed E-state index contributed by atoms with van der Waals surface area (Å²) < 4.78 is 66.6. The van der Waals surface area contributed by atoms with Gasteiger partial charge in [0, 0.05) is 41.7 Å². The summed E-state index contributed by atoms with van der Waals surface area (Å²) in [5.41, 5.74) is 3.05. The third-order valence-electron chi connectivity index (χ3n) is 9.47. The molecule has 5 heterocycles. The molecule has 7 rings (SSSR count). The molecule has 4 aliphatic heterocycles. The highest BCUT2D eigenvalue weighted by atomic mass is 19.4. The minimum absolute atomic E-state index is 0.0387. The van der Waals surface area contributed by atoms with Gasteiger partial charge in [0.25, 0.3) is 0 Å². The molecular weight excluding hydrogens is 550 g/mol. The van der Waals surface area contributed by atoms with Crippen LogP contribution in [0.5, 0.6) is 6.01 Å². The van der Waals surface area contributed by atoms with Crippen LogP contribution in [0.3, 0.4) is 0 Å². The predicted molar refractivity (Wildman–Crippen MR) is 149 cm³/mol. The van der Waals surface area contributed by atoms with E-state index in [2.05, 4.69) is 20.2 Å². The number of nitrogen functional groups attached to an aromatic ring is 1. The van der Waals surface area contributed by atoms with Gasteiger partial charge in [-0.3, -0.25) is 4.90 Å². The highest BCUT2D eigenvalue weighted by Crippen LogP contribution is 2.45. The number of benzene rings is 2. The average Bonchev–Trinajstić information content (AvgIpc) is 3.64. The Hall–Kier alpha value is -3.69. The molecule has 3 aromatic rings. The lowest BCUT2D eigenvalue weighted by Crippen LogP contribution is -2.51. The molecule has 3 N–H and O–H groups in total. The predicted octanol–water partition coefficient (Wildman–Crippen LogP) is 4.86. The van der Waals surface area contributed by atoms with E-state index in [1.54, 1.807) is 0 Å². The lowest BCUT2D eigenvalue weighted by atomic mass is 9.92. The van der Waals surface area contributed by atoms with Gasteiger partial charge in [0.15, 0.2) is 5.82 Å². The van der Waals surface area contributed by atoms with Crippen molar-refractivity contribution in [2.24, 2.45) is 0 Å². The second-order valence-corrected chi connectivity index (χ2v) is 12.0. The Morgan fingerprint density at radius 3 is 2.50 bits per heavy atom. The van der Waals surface area contributed by atoms with Gasteiger partial charge < -0.3 is 20.7 Å². The fourth-order valence-electron chi connectivity index (χ4n) is 7.52. The zero-order valence-electron chi connectivity index (χ0n) is 23.0. The van der Waals surface area contributed by atoms with E-state index in [1.165, 1.54) is 18.2 Å². The van der Waals surface area contributed by atoms with E-state index >= 15 is 4.39 Å². The largest absolute Gasteiger partial charge is 0.461 e. The fraction of sp³-hybridized carbons (Fsp3) is 0.500. The summed E-state index contributed by atoms with van der Waals surface area (Å²) >= 11 is 0. The van der Waals surface area contributed by atoms with Crippen LogP contribution in [0.1, 0.15) is 49.7 Å². The van der Waals surface area contributed by atoms with Crippen molar-refractivity contribution < 1.29 is 22.3 Å². The van der Waals surface area contributed by atoms with Gasteiger partial charge in [-0.15, -0.1) is 0 Å². The highest BCUT2D eigenvalue weighted by Gasteiger charge is 2.45. The van der Waals surface area contributed by atoms with Crippen molar-refractivity contribution in [2.45, 2.75) is 62.3 Å². The number of aromatic nitrogens is 2. The van der Waals surface area contributed by atoms with Crippen LogP contribution in [-0.4, -0.2) is 65.3 Å². The molecule has 0 spiro atoms. The maximum Gasteiger partial charge on any atom is 0.417 e. The van der Waals surface area contributed by atoms with Crippen LogP contribution >= 0.6 is 0 Å². The average molecular weight is 582 g/mol. The molecule has 1 aromatic heterocycles. The minimum atomic E-state index is -4.93. The second-order valence-electron chi connectivity index (χ2n) is 12.0. The molecule has 0 amide bonds. The number of alkyl halides is 3. The Morgan fingerprint density at radius 1 is 1.12 bits per heavy atom. The molecular formula is C30H31F4N7O. The zero-order chi connectivity index (χ0) is 29.2. The van der Waals surface area contributed by atoms with Crippen LogP contribution < -0.4 is 20.7 Å². The van der Waals surface area contributed by atoms with Crippen LogP contribution in [-0.2, 0) is 6.18 Å². The molecule has 2 bridgehead atoms. The number of hydrogen-bond acceptors (Lipinski definition) is 8. The van der Waals surface area contributed by atoms with Crippen LogP contribution in [0.15, 0.2) is 24.3 Å². The molecule has 4 aliphatic rings. The van der Waals surface area contributed by atoms with Gasteiger partial charge in [-0.05, 0) is 63.7 Å². The third-order valence-corrected chi connectivity index (χ3v) is 9.47. The number of anilines is 2. The third kappa shape index (κ3) is 4.41. The maximum atomic E-state index is 16.6. The van der Waals surface area contributed by atoms with E-state index in [4.69, 9.17) is 10.5 Å². The van der Waals surface area contributed by atoms with E-state index in [-0.39, 0.29) is 57.2 Å². The summed E-state index contributed by atoms with van der Waals surface area (Å²) in [6, 6.07) is 7.10. The Labute approximate surface area is 240 Å². The molecule has 4 fully saturated rings. The molecule has 220 valence electrons. The number of nitrogens with two attached hydrogens (primary N) is 1. The van der Waals surface area contributed by atoms with E-state index < -0.39 is 23.1 Å². The molecule has 4 saturated heterocycles. The van der Waals surface area contributed by atoms with Crippen molar-refractivity contribution in [1.82, 2.24) is 20.2 Å². The monoisotopic (exact) mass is 581 g/mol. The molecule has 42 heavy (non-hydrogen) atoms. The van der Waals surface area contributed by atoms with Crippen molar-refractivity contribution >= 4 is 22.4 Å². The number of nitriles is 1. The first-order chi connectivity index (χ1) is 20.2. The van der Waals surface area contributed by atoms with Crippen molar-refractivity contribution in [3.63, 3.8) is 0 Å². The topological polar surface area (TPSA) is 103 Å². The van der Waals surface area contributed by atoms with E-state index in [1.807, 2.05) is 11.0 Å². The summed E-state index contributed by atoms with van der Waals surface area (Å²) in [6.45, 7) is 3.37. The van der Waals surface area contributed by atoms with Crippen molar-refractivity contribution in [1.29, 1.82) is 5.26 Å². The minimum Gasteiger partial charge on any atom is -0.461 e. The molecule has 2 atom stereocenters. The molecule has 0 radical (unpaired) electrons. The standard InChI is InChI=1S/C30H31F4N7O/c31-25-24(19-4-1-5-23(36)21(19)13-35)22(30(32,33)34)12-20-26(25)38-28(42-16-29-8-2-10-41(29)11-3-9-29)39-27(20)40-14-17-6-7-18(15-40)37-17/h1,4-5,12,17-18,37H,2-3,6-11,14-16,36H2. The van der Waals surface area contributed by atoms with Gasteiger partial charge in [-0.2, -0.15) is 28.4 Å². The SMILES string of the molecule is N#Cc1c(N)cccc1-c1c(C(F)(F)F)cc2c(N3CC4CCC(C3)N4)nc(OCC34CCCN3CCC4)nc2c1F. The summed E-state index contributed by atoms with van der Waals surface area (Å²) in [7, 11) is 0. The number of piperazine rings is 1. The Morgan fingerprint density at radius 2 is 1.83 bits per heavy atom. The first-order valence-corrected chi connectivity index (χ1v) is 14.5. The van der Waals surface area contributed by atoms with E-state index in [0.29, 0.717) is 19.7 Å². The number of ether oxygens (including phenoxy) is 1. The number of nitrogens with zero attached hydrogens (tertiary/aromatic N) is 5. The van der Waals surface area contributed by atoms with Crippen molar-refractivity contribution in [3.05, 3.63) is 41.2 Å². The maximum absolute atomic E-state index is 16.6. The fourth-order valence-corrected chi connectivity index (χ4v) is 7.52. The molecule has 0 saturated carbocycles. The Kier molecular flexibility index (Phi) is 6.44. The van der Waals surface area contributed by atoms with Gasteiger partial charge in [0.05, 0.1) is 22.4 Å². The van der Waals surface area contributed by atoms with Gasteiger partial charge in [-0.25, -0.2) is 4.39 Å². The highest BCUT2D eigenvalue weighted by molar-refractivity contribution is 5.96.